The average molecular weight is 334 g/mol. The lowest BCUT2D eigenvalue weighted by molar-refractivity contribution is 0.377. The Bertz CT molecular complexity index is 840. The Morgan fingerprint density at radius 3 is 2.64 bits per heavy atom. The van der Waals surface area contributed by atoms with Crippen molar-refractivity contribution in [1.82, 2.24) is 10.1 Å². The van der Waals surface area contributed by atoms with E-state index in [4.69, 9.17) is 4.52 Å². The Hall–Kier alpha value is -1.99. The van der Waals surface area contributed by atoms with Crippen LogP contribution in [0.3, 0.4) is 0 Å². The second-order valence-electron chi connectivity index (χ2n) is 4.87. The van der Waals surface area contributed by atoms with Gasteiger partial charge in [-0.1, -0.05) is 41.6 Å². The third-order valence-electron chi connectivity index (χ3n) is 3.28. The van der Waals surface area contributed by atoms with Crippen molar-refractivity contribution in [1.29, 1.82) is 0 Å². The summed E-state index contributed by atoms with van der Waals surface area (Å²) in [5.41, 5.74) is 0.743. The number of aromatic nitrogens is 2. The number of hydrogen-bond donors (Lipinski definition) is 0. The fraction of sp³-hybridized carbons (Fsp3) is 0.200. The summed E-state index contributed by atoms with van der Waals surface area (Å²) in [7, 11) is -3.41. The highest BCUT2D eigenvalue weighted by molar-refractivity contribution is 7.90. The molecule has 1 unspecified atom stereocenters. The van der Waals surface area contributed by atoms with Crippen molar-refractivity contribution in [2.45, 2.75) is 17.9 Å². The van der Waals surface area contributed by atoms with Gasteiger partial charge in [-0.2, -0.15) is 4.98 Å². The number of sulfone groups is 1. The van der Waals surface area contributed by atoms with Gasteiger partial charge in [-0.3, -0.25) is 0 Å². The molecule has 0 spiro atoms. The van der Waals surface area contributed by atoms with Crippen LogP contribution in [0.4, 0.5) is 0 Å². The minimum absolute atomic E-state index is 0.0499. The molecule has 0 saturated heterocycles. The predicted octanol–water partition coefficient (Wildman–Crippen LogP) is 3.47. The van der Waals surface area contributed by atoms with E-state index in [9.17, 15) is 8.42 Å². The van der Waals surface area contributed by atoms with Gasteiger partial charge in [0.2, 0.25) is 11.7 Å². The van der Waals surface area contributed by atoms with Gasteiger partial charge in [0.1, 0.15) is 5.25 Å². The molecule has 0 aliphatic carbocycles. The molecule has 3 rings (SSSR count). The smallest absolute Gasteiger partial charge is 0.245 e. The largest absolute Gasteiger partial charge is 0.338 e. The van der Waals surface area contributed by atoms with Crippen molar-refractivity contribution in [2.75, 3.05) is 0 Å². The maximum absolute atomic E-state index is 12.5. The molecule has 2 aromatic heterocycles. The van der Waals surface area contributed by atoms with E-state index in [0.29, 0.717) is 5.82 Å². The van der Waals surface area contributed by atoms with Crippen LogP contribution in [-0.2, 0) is 15.6 Å². The van der Waals surface area contributed by atoms with E-state index in [1.54, 1.807) is 19.1 Å². The summed E-state index contributed by atoms with van der Waals surface area (Å²) in [6.45, 7) is 1.57. The zero-order chi connectivity index (χ0) is 15.6. The lowest BCUT2D eigenvalue weighted by Gasteiger charge is -2.08. The maximum atomic E-state index is 12.5. The van der Waals surface area contributed by atoms with E-state index in [0.717, 1.165) is 10.4 Å². The zero-order valence-electron chi connectivity index (χ0n) is 11.8. The molecule has 0 saturated carbocycles. The van der Waals surface area contributed by atoms with E-state index in [1.165, 1.54) is 11.3 Å². The summed E-state index contributed by atoms with van der Waals surface area (Å²) >= 11 is 1.48. The Morgan fingerprint density at radius 2 is 1.95 bits per heavy atom. The first-order chi connectivity index (χ1) is 10.6. The first-order valence-corrected chi connectivity index (χ1v) is 9.29. The van der Waals surface area contributed by atoms with Crippen LogP contribution in [-0.4, -0.2) is 18.6 Å². The second-order valence-corrected chi connectivity index (χ2v) is 8.14. The summed E-state index contributed by atoms with van der Waals surface area (Å²) in [6.07, 6.45) is 0. The van der Waals surface area contributed by atoms with Gasteiger partial charge in [0, 0.05) is 0 Å². The molecular formula is C15H14N2O3S2. The lowest BCUT2D eigenvalue weighted by Crippen LogP contribution is -2.13. The fourth-order valence-electron chi connectivity index (χ4n) is 1.99. The molecule has 0 radical (unpaired) electrons. The molecular weight excluding hydrogens is 320 g/mol. The van der Waals surface area contributed by atoms with Crippen LogP contribution in [0.25, 0.3) is 10.7 Å². The van der Waals surface area contributed by atoms with E-state index in [-0.39, 0.29) is 11.6 Å². The molecule has 0 N–H and O–H groups in total. The van der Waals surface area contributed by atoms with Crippen molar-refractivity contribution in [2.24, 2.45) is 0 Å². The SMILES string of the molecule is CC(c1nc(-c2cccs2)no1)S(=O)(=O)Cc1ccccc1. The molecule has 2 heterocycles. The average Bonchev–Trinajstić information content (AvgIpc) is 3.18. The summed E-state index contributed by atoms with van der Waals surface area (Å²) in [6, 6.07) is 12.8. The normalized spacial score (nSPS) is 13.1. The van der Waals surface area contributed by atoms with Crippen molar-refractivity contribution in [3.05, 3.63) is 59.3 Å². The highest BCUT2D eigenvalue weighted by Crippen LogP contribution is 2.27. The van der Waals surface area contributed by atoms with Gasteiger partial charge in [0.25, 0.3) is 0 Å². The van der Waals surface area contributed by atoms with Crippen LogP contribution in [0.1, 0.15) is 23.6 Å². The van der Waals surface area contributed by atoms with Gasteiger partial charge in [0.15, 0.2) is 9.84 Å². The molecule has 0 aliphatic heterocycles. The first-order valence-electron chi connectivity index (χ1n) is 6.69. The van der Waals surface area contributed by atoms with E-state index < -0.39 is 15.1 Å². The minimum Gasteiger partial charge on any atom is -0.338 e. The Balaban J connectivity index is 1.82. The van der Waals surface area contributed by atoms with Crippen LogP contribution in [0.5, 0.6) is 0 Å². The van der Waals surface area contributed by atoms with Crippen LogP contribution in [0.15, 0.2) is 52.4 Å². The topological polar surface area (TPSA) is 73.1 Å². The number of nitrogens with zero attached hydrogens (tertiary/aromatic N) is 2. The Kier molecular flexibility index (Phi) is 4.08. The highest BCUT2D eigenvalue weighted by atomic mass is 32.2. The predicted molar refractivity (Wildman–Crippen MR) is 85.1 cm³/mol. The molecule has 0 fully saturated rings. The molecule has 0 aliphatic rings. The van der Waals surface area contributed by atoms with Gasteiger partial charge in [-0.05, 0) is 23.9 Å². The third kappa shape index (κ3) is 3.10. The van der Waals surface area contributed by atoms with Crippen LogP contribution in [0.2, 0.25) is 0 Å². The first kappa shape index (κ1) is 14.9. The van der Waals surface area contributed by atoms with Crippen LogP contribution >= 0.6 is 11.3 Å². The van der Waals surface area contributed by atoms with Gasteiger partial charge >= 0.3 is 0 Å². The number of rotatable bonds is 5. The summed E-state index contributed by atoms with van der Waals surface area (Å²) in [4.78, 5) is 5.06. The highest BCUT2D eigenvalue weighted by Gasteiger charge is 2.28. The maximum Gasteiger partial charge on any atom is 0.245 e. The third-order valence-corrected chi connectivity index (χ3v) is 6.16. The summed E-state index contributed by atoms with van der Waals surface area (Å²) < 4.78 is 30.1. The number of benzene rings is 1. The van der Waals surface area contributed by atoms with Gasteiger partial charge in [-0.25, -0.2) is 8.42 Å². The van der Waals surface area contributed by atoms with E-state index >= 15 is 0 Å². The lowest BCUT2D eigenvalue weighted by atomic mass is 10.2. The van der Waals surface area contributed by atoms with E-state index in [2.05, 4.69) is 10.1 Å². The summed E-state index contributed by atoms with van der Waals surface area (Å²) in [5, 5.41) is 4.92. The molecule has 114 valence electrons. The van der Waals surface area contributed by atoms with Crippen molar-refractivity contribution >= 4 is 21.2 Å². The quantitative estimate of drug-likeness (QED) is 0.714. The zero-order valence-corrected chi connectivity index (χ0v) is 13.5. The van der Waals surface area contributed by atoms with Crippen LogP contribution in [0, 0.1) is 0 Å². The fourth-order valence-corrected chi connectivity index (χ4v) is 3.95. The molecule has 22 heavy (non-hydrogen) atoms. The Labute approximate surface area is 132 Å². The number of hydrogen-bond acceptors (Lipinski definition) is 6. The van der Waals surface area contributed by atoms with Crippen molar-refractivity contribution in [3.8, 4) is 10.7 Å². The van der Waals surface area contributed by atoms with Crippen LogP contribution < -0.4 is 0 Å². The second kappa shape index (κ2) is 6.02. The Morgan fingerprint density at radius 1 is 1.18 bits per heavy atom. The molecule has 5 nitrogen and oxygen atoms in total. The van der Waals surface area contributed by atoms with Gasteiger partial charge < -0.3 is 4.52 Å². The van der Waals surface area contributed by atoms with Crippen molar-refractivity contribution in [3.63, 3.8) is 0 Å². The standard InChI is InChI=1S/C15H14N2O3S2/c1-11(22(18,19)10-12-6-3-2-4-7-12)15-16-14(17-20-15)13-8-5-9-21-13/h2-9,11H,10H2,1H3. The van der Waals surface area contributed by atoms with Gasteiger partial charge in [0.05, 0.1) is 10.6 Å². The molecule has 1 atom stereocenters. The molecule has 0 amide bonds. The molecule has 3 aromatic rings. The monoisotopic (exact) mass is 334 g/mol. The number of thiophene rings is 1. The van der Waals surface area contributed by atoms with Crippen molar-refractivity contribution < 1.29 is 12.9 Å². The van der Waals surface area contributed by atoms with Gasteiger partial charge in [-0.15, -0.1) is 11.3 Å². The summed E-state index contributed by atoms with van der Waals surface area (Å²) in [5.74, 6) is 0.497. The molecule has 1 aromatic carbocycles. The molecule has 0 bridgehead atoms. The minimum atomic E-state index is -3.41. The van der Waals surface area contributed by atoms with E-state index in [1.807, 2.05) is 35.7 Å². The molecule has 7 heteroatoms.